The van der Waals surface area contributed by atoms with Crippen LogP contribution in [0.5, 0.6) is 11.5 Å². The Labute approximate surface area is 114 Å². The number of hydrogen-bond acceptors (Lipinski definition) is 4. The molecule has 1 aromatic carbocycles. The third kappa shape index (κ3) is 2.55. The summed E-state index contributed by atoms with van der Waals surface area (Å²) in [6.07, 6.45) is 0.930. The van der Waals surface area contributed by atoms with E-state index in [1.807, 2.05) is 7.05 Å². The van der Waals surface area contributed by atoms with Crippen LogP contribution in [0, 0.1) is 5.92 Å². The lowest BCUT2D eigenvalue weighted by Gasteiger charge is -2.18. The van der Waals surface area contributed by atoms with Crippen LogP contribution in [0.4, 0.5) is 0 Å². The zero-order valence-electron chi connectivity index (χ0n) is 11.6. The third-order valence-electron chi connectivity index (χ3n) is 3.78. The molecular formula is C15H21NO3. The summed E-state index contributed by atoms with van der Waals surface area (Å²) >= 11 is 0. The van der Waals surface area contributed by atoms with Crippen molar-refractivity contribution in [3.05, 3.63) is 23.3 Å². The van der Waals surface area contributed by atoms with Crippen LogP contribution in [-0.4, -0.2) is 33.5 Å². The average molecular weight is 263 g/mol. The first-order chi connectivity index (χ1) is 9.28. The van der Waals surface area contributed by atoms with Gasteiger partial charge in [0.1, 0.15) is 0 Å². The van der Waals surface area contributed by atoms with E-state index in [4.69, 9.17) is 14.2 Å². The fraction of sp³-hybridized carbons (Fsp3) is 0.600. The molecule has 2 heterocycles. The Balaban J connectivity index is 1.99. The molecule has 0 aromatic heterocycles. The molecule has 19 heavy (non-hydrogen) atoms. The van der Waals surface area contributed by atoms with Gasteiger partial charge in [0.2, 0.25) is 0 Å². The Bertz CT molecular complexity index is 461. The van der Waals surface area contributed by atoms with Gasteiger partial charge in [0.05, 0.1) is 32.5 Å². The molecular weight excluding hydrogens is 242 g/mol. The fourth-order valence-electron chi connectivity index (χ4n) is 2.61. The van der Waals surface area contributed by atoms with Crippen molar-refractivity contribution in [1.82, 2.24) is 5.32 Å². The average Bonchev–Trinajstić information content (AvgIpc) is 2.73. The van der Waals surface area contributed by atoms with E-state index in [0.717, 1.165) is 31.1 Å². The molecule has 0 amide bonds. The second-order valence-corrected chi connectivity index (χ2v) is 5.39. The smallest absolute Gasteiger partial charge is 0.161 e. The molecule has 0 saturated heterocycles. The maximum absolute atomic E-state index is 5.87. The molecule has 2 aliphatic heterocycles. The number of hydrogen-bond donors (Lipinski definition) is 1. The summed E-state index contributed by atoms with van der Waals surface area (Å²) in [7, 11) is 1.97. The normalized spacial score (nSPS) is 26.2. The van der Waals surface area contributed by atoms with E-state index in [2.05, 4.69) is 24.4 Å². The van der Waals surface area contributed by atoms with E-state index >= 15 is 0 Å². The van der Waals surface area contributed by atoms with Crippen molar-refractivity contribution in [2.24, 2.45) is 5.92 Å². The van der Waals surface area contributed by atoms with E-state index in [0.29, 0.717) is 19.1 Å². The number of rotatable bonds is 1. The van der Waals surface area contributed by atoms with Crippen LogP contribution in [0.1, 0.15) is 24.1 Å². The molecule has 0 bridgehead atoms. The Morgan fingerprint density at radius 3 is 2.58 bits per heavy atom. The van der Waals surface area contributed by atoms with Crippen LogP contribution in [0.15, 0.2) is 12.1 Å². The number of ether oxygens (including phenoxy) is 3. The first-order valence-electron chi connectivity index (χ1n) is 6.95. The molecule has 0 fully saturated rings. The summed E-state index contributed by atoms with van der Waals surface area (Å²) < 4.78 is 17.4. The van der Waals surface area contributed by atoms with Crippen LogP contribution in [-0.2, 0) is 11.2 Å². The lowest BCUT2D eigenvalue weighted by molar-refractivity contribution is 0.123. The molecule has 0 aliphatic carbocycles. The van der Waals surface area contributed by atoms with Crippen molar-refractivity contribution < 1.29 is 14.2 Å². The van der Waals surface area contributed by atoms with E-state index in [9.17, 15) is 0 Å². The molecule has 1 N–H and O–H groups in total. The van der Waals surface area contributed by atoms with Crippen LogP contribution in [0.3, 0.4) is 0 Å². The van der Waals surface area contributed by atoms with Gasteiger partial charge in [-0.2, -0.15) is 0 Å². The third-order valence-corrected chi connectivity index (χ3v) is 3.78. The zero-order valence-corrected chi connectivity index (χ0v) is 11.6. The van der Waals surface area contributed by atoms with Gasteiger partial charge in [-0.15, -0.1) is 0 Å². The molecule has 0 saturated carbocycles. The van der Waals surface area contributed by atoms with Crippen LogP contribution in [0.25, 0.3) is 0 Å². The van der Waals surface area contributed by atoms with Crippen molar-refractivity contribution in [2.45, 2.75) is 19.4 Å². The highest BCUT2D eigenvalue weighted by molar-refractivity contribution is 5.49. The molecule has 1 aromatic rings. The predicted octanol–water partition coefficient (Wildman–Crippen LogP) is 1.93. The first-order valence-corrected chi connectivity index (χ1v) is 6.95. The largest absolute Gasteiger partial charge is 0.489 e. The monoisotopic (exact) mass is 263 g/mol. The summed E-state index contributed by atoms with van der Waals surface area (Å²) in [4.78, 5) is 0. The highest BCUT2D eigenvalue weighted by Crippen LogP contribution is 2.36. The molecule has 3 rings (SSSR count). The Morgan fingerprint density at radius 2 is 1.84 bits per heavy atom. The van der Waals surface area contributed by atoms with E-state index in [1.54, 1.807) is 0 Å². The van der Waals surface area contributed by atoms with Crippen LogP contribution < -0.4 is 14.8 Å². The van der Waals surface area contributed by atoms with Gasteiger partial charge in [-0.25, -0.2) is 0 Å². The minimum atomic E-state index is 0.229. The summed E-state index contributed by atoms with van der Waals surface area (Å²) in [6.45, 7) is 5.05. The van der Waals surface area contributed by atoms with Crippen molar-refractivity contribution in [3.8, 4) is 11.5 Å². The van der Waals surface area contributed by atoms with Gasteiger partial charge in [-0.1, -0.05) is 6.92 Å². The molecule has 4 nitrogen and oxygen atoms in total. The molecule has 0 spiro atoms. The molecule has 2 atom stereocenters. The van der Waals surface area contributed by atoms with Gasteiger partial charge in [-0.3, -0.25) is 0 Å². The maximum Gasteiger partial charge on any atom is 0.161 e. The molecule has 0 radical (unpaired) electrons. The lowest BCUT2D eigenvalue weighted by Crippen LogP contribution is -2.21. The van der Waals surface area contributed by atoms with Gasteiger partial charge in [-0.05, 0) is 36.7 Å². The number of likely N-dealkylation sites (N-methyl/N-ethyl adjacent to an activating group) is 1. The van der Waals surface area contributed by atoms with Crippen molar-refractivity contribution in [3.63, 3.8) is 0 Å². The van der Waals surface area contributed by atoms with Gasteiger partial charge in [0.25, 0.3) is 0 Å². The van der Waals surface area contributed by atoms with E-state index in [1.165, 1.54) is 11.1 Å². The summed E-state index contributed by atoms with van der Waals surface area (Å²) in [5.74, 6) is 2.17. The highest BCUT2D eigenvalue weighted by atomic mass is 16.5. The van der Waals surface area contributed by atoms with Crippen LogP contribution >= 0.6 is 0 Å². The van der Waals surface area contributed by atoms with Gasteiger partial charge in [0.15, 0.2) is 11.5 Å². The van der Waals surface area contributed by atoms with E-state index < -0.39 is 0 Å². The second-order valence-electron chi connectivity index (χ2n) is 5.39. The number of nitrogens with one attached hydrogen (secondary N) is 1. The summed E-state index contributed by atoms with van der Waals surface area (Å²) in [6, 6.07) is 4.48. The summed E-state index contributed by atoms with van der Waals surface area (Å²) in [5.41, 5.74) is 2.57. The SMILES string of the molecule is CNC1COCCc2cc3c(cc21)OCC(C)CO3. The number of benzene rings is 1. The van der Waals surface area contributed by atoms with Gasteiger partial charge in [0, 0.05) is 5.92 Å². The quantitative estimate of drug-likeness (QED) is 0.840. The molecule has 4 heteroatoms. The molecule has 2 unspecified atom stereocenters. The highest BCUT2D eigenvalue weighted by Gasteiger charge is 2.23. The van der Waals surface area contributed by atoms with E-state index in [-0.39, 0.29) is 6.04 Å². The predicted molar refractivity (Wildman–Crippen MR) is 72.9 cm³/mol. The van der Waals surface area contributed by atoms with Gasteiger partial charge < -0.3 is 19.5 Å². The molecule has 104 valence electrons. The number of fused-ring (bicyclic) bond motifs is 2. The van der Waals surface area contributed by atoms with Gasteiger partial charge >= 0.3 is 0 Å². The summed E-state index contributed by atoms with van der Waals surface area (Å²) in [5, 5.41) is 3.31. The zero-order chi connectivity index (χ0) is 13.2. The minimum Gasteiger partial charge on any atom is -0.489 e. The fourth-order valence-corrected chi connectivity index (χ4v) is 2.61. The minimum absolute atomic E-state index is 0.229. The van der Waals surface area contributed by atoms with Crippen molar-refractivity contribution in [1.29, 1.82) is 0 Å². The van der Waals surface area contributed by atoms with Crippen molar-refractivity contribution in [2.75, 3.05) is 33.5 Å². The Kier molecular flexibility index (Phi) is 3.62. The topological polar surface area (TPSA) is 39.7 Å². The second kappa shape index (κ2) is 5.39. The standard InChI is InChI=1S/C15H21NO3/c1-10-7-18-14-5-11-3-4-17-9-13(16-2)12(11)6-15(14)19-8-10/h5-6,10,13,16H,3-4,7-9H2,1-2H3. The molecule has 2 aliphatic rings. The lowest BCUT2D eigenvalue weighted by atomic mass is 9.98. The Hall–Kier alpha value is -1.26. The maximum atomic E-state index is 5.87. The van der Waals surface area contributed by atoms with Crippen LogP contribution in [0.2, 0.25) is 0 Å². The Morgan fingerprint density at radius 1 is 1.11 bits per heavy atom. The van der Waals surface area contributed by atoms with Crippen molar-refractivity contribution >= 4 is 0 Å². The first kappa shape index (κ1) is 12.8.